The smallest absolute Gasteiger partial charge is 0.254 e. The van der Waals surface area contributed by atoms with Crippen molar-refractivity contribution in [3.05, 3.63) is 17.5 Å². The monoisotopic (exact) mass is 250 g/mol. The molecule has 0 saturated carbocycles. The summed E-state index contributed by atoms with van der Waals surface area (Å²) in [6, 6.07) is 0.574. The van der Waals surface area contributed by atoms with E-state index in [2.05, 4.69) is 15.7 Å². The first-order chi connectivity index (χ1) is 8.70. The average molecular weight is 250 g/mol. The number of rotatable bonds is 5. The molecule has 2 N–H and O–H groups in total. The Morgan fingerprint density at radius 2 is 2.50 bits per heavy atom. The number of hydrogen-bond donors (Lipinski definition) is 2. The fraction of sp³-hybridized carbons (Fsp3) is 0.692. The predicted octanol–water partition coefficient (Wildman–Crippen LogP) is 0.854. The molecule has 1 amide bonds. The van der Waals surface area contributed by atoms with Crippen LogP contribution in [0.15, 0.2) is 6.20 Å². The Morgan fingerprint density at radius 3 is 3.17 bits per heavy atom. The normalized spacial score (nSPS) is 19.1. The van der Waals surface area contributed by atoms with E-state index in [1.165, 1.54) is 12.8 Å². The Hall–Kier alpha value is -1.36. The Morgan fingerprint density at radius 1 is 1.67 bits per heavy atom. The van der Waals surface area contributed by atoms with Crippen LogP contribution in [0.5, 0.6) is 0 Å². The summed E-state index contributed by atoms with van der Waals surface area (Å²) in [4.78, 5) is 12.0. The van der Waals surface area contributed by atoms with Gasteiger partial charge in [-0.05, 0) is 32.2 Å². The highest BCUT2D eigenvalue weighted by Crippen LogP contribution is 2.09. The highest BCUT2D eigenvalue weighted by molar-refractivity contribution is 5.95. The molecule has 18 heavy (non-hydrogen) atoms. The third kappa shape index (κ3) is 3.10. The molecule has 1 aliphatic heterocycles. The topological polar surface area (TPSA) is 59.0 Å². The standard InChI is InChI=1S/C13H22N4O/c1-3-12-11(9-17(2)16-12)13(18)15-8-6-10-5-4-7-14-10/h9-10,14H,3-8H2,1-2H3,(H,15,18)/t10-/m0/s1. The molecular formula is C13H22N4O. The number of carbonyl (C=O) groups excluding carboxylic acids is 1. The van der Waals surface area contributed by atoms with E-state index >= 15 is 0 Å². The van der Waals surface area contributed by atoms with Crippen LogP contribution in [0.25, 0.3) is 0 Å². The molecule has 0 aliphatic carbocycles. The van der Waals surface area contributed by atoms with Gasteiger partial charge in [-0.2, -0.15) is 5.10 Å². The number of carbonyl (C=O) groups is 1. The quantitative estimate of drug-likeness (QED) is 0.814. The van der Waals surface area contributed by atoms with Crippen molar-refractivity contribution in [3.63, 3.8) is 0 Å². The van der Waals surface area contributed by atoms with E-state index in [9.17, 15) is 4.79 Å². The molecule has 1 atom stereocenters. The summed E-state index contributed by atoms with van der Waals surface area (Å²) in [7, 11) is 1.85. The lowest BCUT2D eigenvalue weighted by atomic mass is 10.1. The molecule has 2 heterocycles. The summed E-state index contributed by atoms with van der Waals surface area (Å²) in [6.45, 7) is 3.86. The van der Waals surface area contributed by atoms with Gasteiger partial charge in [-0.15, -0.1) is 0 Å². The fourth-order valence-corrected chi connectivity index (χ4v) is 2.44. The second-order valence-corrected chi connectivity index (χ2v) is 4.85. The zero-order valence-electron chi connectivity index (χ0n) is 11.2. The van der Waals surface area contributed by atoms with Gasteiger partial charge in [-0.3, -0.25) is 9.48 Å². The predicted molar refractivity (Wildman–Crippen MR) is 70.6 cm³/mol. The molecule has 0 aromatic carbocycles. The number of nitrogens with one attached hydrogen (secondary N) is 2. The van der Waals surface area contributed by atoms with Gasteiger partial charge in [0.15, 0.2) is 0 Å². The van der Waals surface area contributed by atoms with Gasteiger partial charge < -0.3 is 10.6 Å². The summed E-state index contributed by atoms with van der Waals surface area (Å²) >= 11 is 0. The molecule has 0 spiro atoms. The van der Waals surface area contributed by atoms with Crippen LogP contribution in [-0.4, -0.2) is 34.8 Å². The van der Waals surface area contributed by atoms with Crippen LogP contribution in [0, 0.1) is 0 Å². The van der Waals surface area contributed by atoms with E-state index in [-0.39, 0.29) is 5.91 Å². The van der Waals surface area contributed by atoms with Crippen molar-refractivity contribution in [2.45, 2.75) is 38.6 Å². The van der Waals surface area contributed by atoms with Crippen LogP contribution >= 0.6 is 0 Å². The lowest BCUT2D eigenvalue weighted by molar-refractivity contribution is 0.0951. The molecule has 100 valence electrons. The van der Waals surface area contributed by atoms with Crippen LogP contribution in [0.1, 0.15) is 42.2 Å². The summed E-state index contributed by atoms with van der Waals surface area (Å²) < 4.78 is 1.70. The molecule has 1 fully saturated rings. The number of nitrogens with zero attached hydrogens (tertiary/aromatic N) is 2. The first-order valence-corrected chi connectivity index (χ1v) is 6.74. The molecule has 1 saturated heterocycles. The Bertz CT molecular complexity index is 407. The van der Waals surface area contributed by atoms with Crippen molar-refractivity contribution in [1.29, 1.82) is 0 Å². The minimum absolute atomic E-state index is 0.00190. The molecule has 1 aliphatic rings. The second kappa shape index (κ2) is 6.00. The van der Waals surface area contributed by atoms with Crippen molar-refractivity contribution < 1.29 is 4.79 Å². The molecule has 1 aromatic heterocycles. The lowest BCUT2D eigenvalue weighted by Gasteiger charge is -2.10. The third-order valence-electron chi connectivity index (χ3n) is 3.43. The van der Waals surface area contributed by atoms with E-state index < -0.39 is 0 Å². The fourth-order valence-electron chi connectivity index (χ4n) is 2.44. The second-order valence-electron chi connectivity index (χ2n) is 4.85. The van der Waals surface area contributed by atoms with Crippen molar-refractivity contribution in [2.75, 3.05) is 13.1 Å². The van der Waals surface area contributed by atoms with Gasteiger partial charge in [0, 0.05) is 25.8 Å². The van der Waals surface area contributed by atoms with Crippen LogP contribution in [-0.2, 0) is 13.5 Å². The summed E-state index contributed by atoms with van der Waals surface area (Å²) in [5, 5.41) is 10.7. The zero-order valence-corrected chi connectivity index (χ0v) is 11.2. The van der Waals surface area contributed by atoms with Crippen molar-refractivity contribution >= 4 is 5.91 Å². The van der Waals surface area contributed by atoms with Gasteiger partial charge >= 0.3 is 0 Å². The maximum absolute atomic E-state index is 12.0. The van der Waals surface area contributed by atoms with Crippen LogP contribution in [0.4, 0.5) is 0 Å². The van der Waals surface area contributed by atoms with Gasteiger partial charge in [0.05, 0.1) is 11.3 Å². The van der Waals surface area contributed by atoms with Crippen LogP contribution < -0.4 is 10.6 Å². The Labute approximate surface area is 108 Å². The van der Waals surface area contributed by atoms with Crippen molar-refractivity contribution in [1.82, 2.24) is 20.4 Å². The van der Waals surface area contributed by atoms with E-state index in [0.717, 1.165) is 31.6 Å². The molecule has 1 aromatic rings. The van der Waals surface area contributed by atoms with Gasteiger partial charge in [-0.1, -0.05) is 6.92 Å². The van der Waals surface area contributed by atoms with Crippen LogP contribution in [0.2, 0.25) is 0 Å². The lowest BCUT2D eigenvalue weighted by Crippen LogP contribution is -2.30. The highest BCUT2D eigenvalue weighted by atomic mass is 16.1. The first-order valence-electron chi connectivity index (χ1n) is 6.74. The van der Waals surface area contributed by atoms with E-state index in [0.29, 0.717) is 11.6 Å². The number of aryl methyl sites for hydroxylation is 2. The molecule has 0 bridgehead atoms. The van der Waals surface area contributed by atoms with Crippen molar-refractivity contribution in [2.24, 2.45) is 7.05 Å². The number of hydrogen-bond acceptors (Lipinski definition) is 3. The highest BCUT2D eigenvalue weighted by Gasteiger charge is 2.16. The SMILES string of the molecule is CCc1nn(C)cc1C(=O)NCC[C@@H]1CCCN1. The van der Waals surface area contributed by atoms with Gasteiger partial charge in [0.1, 0.15) is 0 Å². The molecule has 2 rings (SSSR count). The Kier molecular flexibility index (Phi) is 4.36. The maximum Gasteiger partial charge on any atom is 0.254 e. The number of amides is 1. The maximum atomic E-state index is 12.0. The van der Waals surface area contributed by atoms with E-state index in [4.69, 9.17) is 0 Å². The minimum Gasteiger partial charge on any atom is -0.352 e. The third-order valence-corrected chi connectivity index (χ3v) is 3.43. The largest absolute Gasteiger partial charge is 0.352 e. The van der Waals surface area contributed by atoms with Gasteiger partial charge in [-0.25, -0.2) is 0 Å². The van der Waals surface area contributed by atoms with Gasteiger partial charge in [0.2, 0.25) is 0 Å². The molecule has 5 nitrogen and oxygen atoms in total. The average Bonchev–Trinajstić information content (AvgIpc) is 2.98. The first kappa shape index (κ1) is 13.1. The van der Waals surface area contributed by atoms with Crippen molar-refractivity contribution in [3.8, 4) is 0 Å². The summed E-state index contributed by atoms with van der Waals surface area (Å²) in [5.74, 6) is -0.00190. The van der Waals surface area contributed by atoms with Gasteiger partial charge in [0.25, 0.3) is 5.91 Å². The van der Waals surface area contributed by atoms with E-state index in [1.54, 1.807) is 10.9 Å². The van der Waals surface area contributed by atoms with E-state index in [1.807, 2.05) is 14.0 Å². The van der Waals surface area contributed by atoms with Crippen LogP contribution in [0.3, 0.4) is 0 Å². The molecular weight excluding hydrogens is 228 g/mol. The molecule has 0 unspecified atom stereocenters. The Balaban J connectivity index is 1.83. The minimum atomic E-state index is -0.00190. The summed E-state index contributed by atoms with van der Waals surface area (Å²) in [6.07, 6.45) is 6.06. The molecule has 5 heteroatoms. The number of aromatic nitrogens is 2. The molecule has 0 radical (unpaired) electrons. The summed E-state index contributed by atoms with van der Waals surface area (Å²) in [5.41, 5.74) is 1.58. The zero-order chi connectivity index (χ0) is 13.0.